The van der Waals surface area contributed by atoms with Crippen LogP contribution in [0.25, 0.3) is 0 Å². The Hall–Kier alpha value is 0.0700. The summed E-state index contributed by atoms with van der Waals surface area (Å²) in [5, 5.41) is 0.486. The molecule has 1 saturated carbocycles. The van der Waals surface area contributed by atoms with Crippen molar-refractivity contribution in [2.75, 3.05) is 13.2 Å². The van der Waals surface area contributed by atoms with E-state index in [-0.39, 0.29) is 16.6 Å². The molecule has 2 N–H and O–H groups in total. The third kappa shape index (κ3) is 3.45. The second-order valence-electron chi connectivity index (χ2n) is 7.64. The highest BCUT2D eigenvalue weighted by Crippen LogP contribution is 2.42. The molecule has 118 valence electrons. The predicted molar refractivity (Wildman–Crippen MR) is 85.1 cm³/mol. The summed E-state index contributed by atoms with van der Waals surface area (Å²) in [5.41, 5.74) is 6.26. The molecular weight excluding hydrogens is 270 g/mol. The van der Waals surface area contributed by atoms with Crippen LogP contribution in [0.15, 0.2) is 0 Å². The average Bonchev–Trinajstić information content (AvgIpc) is 2.82. The second-order valence-corrected chi connectivity index (χ2v) is 9.51. The molecule has 1 aliphatic carbocycles. The standard InChI is InChI=1S/C16H31NO2S/c1-11-14(7-8-19-11)20(18)15-9-13(16(2,3)4)6-5-12(15)10-17/h11-15H,5-10,17H2,1-4H3. The monoisotopic (exact) mass is 301 g/mol. The van der Waals surface area contributed by atoms with Gasteiger partial charge in [0.25, 0.3) is 0 Å². The molecule has 1 saturated heterocycles. The maximum atomic E-state index is 13.0. The van der Waals surface area contributed by atoms with Crippen molar-refractivity contribution in [3.63, 3.8) is 0 Å². The van der Waals surface area contributed by atoms with E-state index < -0.39 is 10.8 Å². The Morgan fingerprint density at radius 3 is 2.40 bits per heavy atom. The van der Waals surface area contributed by atoms with Gasteiger partial charge in [0, 0.05) is 22.7 Å². The third-order valence-electron chi connectivity index (χ3n) is 5.36. The average molecular weight is 301 g/mol. The van der Waals surface area contributed by atoms with Gasteiger partial charge in [0.15, 0.2) is 0 Å². The Labute approximate surface area is 126 Å². The zero-order valence-corrected chi connectivity index (χ0v) is 14.2. The van der Waals surface area contributed by atoms with Gasteiger partial charge in [0.05, 0.1) is 11.4 Å². The topological polar surface area (TPSA) is 52.3 Å². The zero-order valence-electron chi connectivity index (χ0n) is 13.4. The Morgan fingerprint density at radius 1 is 1.20 bits per heavy atom. The highest BCUT2D eigenvalue weighted by molar-refractivity contribution is 7.86. The summed E-state index contributed by atoms with van der Waals surface area (Å²) >= 11 is 0. The van der Waals surface area contributed by atoms with Gasteiger partial charge in [0.1, 0.15) is 0 Å². The summed E-state index contributed by atoms with van der Waals surface area (Å²) in [6.07, 6.45) is 4.53. The molecule has 0 aromatic rings. The molecule has 6 atom stereocenters. The van der Waals surface area contributed by atoms with E-state index >= 15 is 0 Å². The van der Waals surface area contributed by atoms with Crippen molar-refractivity contribution >= 4 is 10.8 Å². The Kier molecular flexibility index (Phi) is 5.30. The number of hydrogen-bond donors (Lipinski definition) is 1. The Morgan fingerprint density at radius 2 is 1.90 bits per heavy atom. The van der Waals surface area contributed by atoms with Crippen LogP contribution in [0.1, 0.15) is 53.4 Å². The fourth-order valence-electron chi connectivity index (χ4n) is 3.77. The number of nitrogens with two attached hydrogens (primary N) is 1. The van der Waals surface area contributed by atoms with Gasteiger partial charge in [-0.2, -0.15) is 0 Å². The molecule has 4 heteroatoms. The molecule has 2 fully saturated rings. The van der Waals surface area contributed by atoms with E-state index in [1.54, 1.807) is 0 Å². The van der Waals surface area contributed by atoms with Crippen molar-refractivity contribution in [2.45, 2.75) is 70.0 Å². The minimum absolute atomic E-state index is 0.143. The van der Waals surface area contributed by atoms with E-state index in [0.717, 1.165) is 25.9 Å². The number of rotatable bonds is 3. The van der Waals surface area contributed by atoms with E-state index in [2.05, 4.69) is 27.7 Å². The molecule has 0 spiro atoms. The van der Waals surface area contributed by atoms with Gasteiger partial charge in [-0.1, -0.05) is 20.8 Å². The fourth-order valence-corrected chi connectivity index (χ4v) is 6.06. The maximum Gasteiger partial charge on any atom is 0.0691 e. The molecule has 3 nitrogen and oxygen atoms in total. The van der Waals surface area contributed by atoms with E-state index in [4.69, 9.17) is 10.5 Å². The normalized spacial score (nSPS) is 40.8. The van der Waals surface area contributed by atoms with Gasteiger partial charge < -0.3 is 10.5 Å². The molecule has 20 heavy (non-hydrogen) atoms. The SMILES string of the molecule is CC1OCCC1S(=O)C1CC(C(C)(C)C)CCC1CN. The lowest BCUT2D eigenvalue weighted by atomic mass is 9.69. The minimum atomic E-state index is -0.802. The van der Waals surface area contributed by atoms with Gasteiger partial charge in [-0.3, -0.25) is 4.21 Å². The lowest BCUT2D eigenvalue weighted by molar-refractivity contribution is 0.126. The largest absolute Gasteiger partial charge is 0.377 e. The van der Waals surface area contributed by atoms with Crippen molar-refractivity contribution in [2.24, 2.45) is 23.0 Å². The van der Waals surface area contributed by atoms with Crippen LogP contribution in [0.4, 0.5) is 0 Å². The summed E-state index contributed by atoms with van der Waals surface area (Å²) in [7, 11) is -0.802. The van der Waals surface area contributed by atoms with Crippen molar-refractivity contribution < 1.29 is 8.95 Å². The molecule has 0 radical (unpaired) electrons. The molecular formula is C16H31NO2S. The molecule has 0 aromatic carbocycles. The number of hydrogen-bond acceptors (Lipinski definition) is 3. The smallest absolute Gasteiger partial charge is 0.0691 e. The summed E-state index contributed by atoms with van der Waals surface area (Å²) in [6, 6.07) is 0. The lowest BCUT2D eigenvalue weighted by Crippen LogP contribution is -2.44. The summed E-state index contributed by atoms with van der Waals surface area (Å²) in [5.74, 6) is 1.10. The highest BCUT2D eigenvalue weighted by atomic mass is 32.2. The first kappa shape index (κ1) is 16.4. The molecule has 0 bridgehead atoms. The van der Waals surface area contributed by atoms with Crippen molar-refractivity contribution in [3.8, 4) is 0 Å². The highest BCUT2D eigenvalue weighted by Gasteiger charge is 2.42. The quantitative estimate of drug-likeness (QED) is 0.872. The molecule has 2 aliphatic rings. The minimum Gasteiger partial charge on any atom is -0.377 e. The summed E-state index contributed by atoms with van der Waals surface area (Å²) in [6.45, 7) is 10.4. The van der Waals surface area contributed by atoms with Gasteiger partial charge in [-0.15, -0.1) is 0 Å². The first-order chi connectivity index (χ1) is 9.34. The number of ether oxygens (including phenoxy) is 1. The summed E-state index contributed by atoms with van der Waals surface area (Å²) < 4.78 is 18.6. The van der Waals surface area contributed by atoms with Crippen molar-refractivity contribution in [3.05, 3.63) is 0 Å². The molecule has 6 unspecified atom stereocenters. The fraction of sp³-hybridized carbons (Fsp3) is 1.00. The van der Waals surface area contributed by atoms with Gasteiger partial charge in [-0.25, -0.2) is 0 Å². The van der Waals surface area contributed by atoms with E-state index in [9.17, 15) is 4.21 Å². The van der Waals surface area contributed by atoms with Gasteiger partial charge in [-0.05, 0) is 56.4 Å². The van der Waals surface area contributed by atoms with E-state index in [1.807, 2.05) is 0 Å². The van der Waals surface area contributed by atoms with E-state index in [1.165, 1.54) is 6.42 Å². The van der Waals surface area contributed by atoms with E-state index in [0.29, 0.717) is 23.8 Å². The predicted octanol–water partition coefficient (Wildman–Crippen LogP) is 2.70. The summed E-state index contributed by atoms with van der Waals surface area (Å²) in [4.78, 5) is 0. The molecule has 1 heterocycles. The van der Waals surface area contributed by atoms with Crippen LogP contribution in [0, 0.1) is 17.3 Å². The first-order valence-electron chi connectivity index (χ1n) is 8.05. The third-order valence-corrected chi connectivity index (χ3v) is 7.75. The Balaban J connectivity index is 2.10. The molecule has 0 aromatic heterocycles. The van der Waals surface area contributed by atoms with Crippen LogP contribution in [0.5, 0.6) is 0 Å². The van der Waals surface area contributed by atoms with Crippen LogP contribution in [0.3, 0.4) is 0 Å². The zero-order chi connectivity index (χ0) is 14.9. The van der Waals surface area contributed by atoms with Crippen molar-refractivity contribution in [1.29, 1.82) is 0 Å². The van der Waals surface area contributed by atoms with Crippen LogP contribution in [0.2, 0.25) is 0 Å². The van der Waals surface area contributed by atoms with Gasteiger partial charge in [0.2, 0.25) is 0 Å². The van der Waals surface area contributed by atoms with Crippen LogP contribution >= 0.6 is 0 Å². The Bertz CT molecular complexity index is 353. The molecule has 0 amide bonds. The van der Waals surface area contributed by atoms with Crippen LogP contribution in [-0.4, -0.2) is 34.0 Å². The van der Waals surface area contributed by atoms with Crippen LogP contribution in [-0.2, 0) is 15.5 Å². The van der Waals surface area contributed by atoms with Crippen LogP contribution < -0.4 is 5.73 Å². The molecule has 1 aliphatic heterocycles. The second kappa shape index (κ2) is 6.45. The maximum absolute atomic E-state index is 13.0. The molecule has 2 rings (SSSR count). The van der Waals surface area contributed by atoms with Gasteiger partial charge >= 0.3 is 0 Å². The lowest BCUT2D eigenvalue weighted by Gasteiger charge is -2.42. The first-order valence-corrected chi connectivity index (χ1v) is 9.33. The van der Waals surface area contributed by atoms with Crippen molar-refractivity contribution in [1.82, 2.24) is 0 Å².